The van der Waals surface area contributed by atoms with E-state index in [1.54, 1.807) is 12.1 Å². The van der Waals surface area contributed by atoms with Crippen molar-refractivity contribution in [3.63, 3.8) is 0 Å². The zero-order valence-electron chi connectivity index (χ0n) is 20.9. The molecule has 4 N–H and O–H groups in total. The highest BCUT2D eigenvalue weighted by molar-refractivity contribution is 7.82. The lowest BCUT2D eigenvalue weighted by Gasteiger charge is -2.23. The third-order valence-corrected chi connectivity index (χ3v) is 6.94. The van der Waals surface area contributed by atoms with Gasteiger partial charge in [-0.3, -0.25) is 10.4 Å². The first-order chi connectivity index (χ1) is 19.0. The number of hydrogen-bond donors (Lipinski definition) is 5. The summed E-state index contributed by atoms with van der Waals surface area (Å²) in [6.45, 7) is 1.83. The van der Waals surface area contributed by atoms with E-state index >= 15 is 0 Å². The molecule has 2 amide bonds. The number of amides is 2. The molecule has 4 aromatic rings. The van der Waals surface area contributed by atoms with Gasteiger partial charge < -0.3 is 10.6 Å². The van der Waals surface area contributed by atoms with Gasteiger partial charge in [0.1, 0.15) is 11.6 Å². The molecule has 0 atom stereocenters. The van der Waals surface area contributed by atoms with E-state index in [0.717, 1.165) is 40.7 Å². The number of thiol groups is 1. The lowest BCUT2D eigenvalue weighted by Crippen LogP contribution is -2.27. The van der Waals surface area contributed by atoms with Crippen molar-refractivity contribution in [3.05, 3.63) is 70.6 Å². The number of benzene rings is 1. The fourth-order valence-electron chi connectivity index (χ4n) is 3.96. The van der Waals surface area contributed by atoms with Gasteiger partial charge in [-0.1, -0.05) is 30.8 Å². The van der Waals surface area contributed by atoms with Crippen molar-refractivity contribution in [2.75, 3.05) is 20.3 Å². The average Bonchev–Trinajstić information content (AvgIpc) is 3.30. The molecule has 0 bridgehead atoms. The van der Waals surface area contributed by atoms with Crippen LogP contribution in [-0.2, 0) is 6.18 Å². The fraction of sp³-hybridized carbons (Fsp3) is 0.240. The number of aryl methyl sites for hydroxylation is 1. The van der Waals surface area contributed by atoms with E-state index in [9.17, 15) is 18.0 Å². The van der Waals surface area contributed by atoms with Crippen LogP contribution in [0.3, 0.4) is 0 Å². The first-order valence-corrected chi connectivity index (χ1v) is 12.9. The van der Waals surface area contributed by atoms with E-state index in [0.29, 0.717) is 29.2 Å². The molecular formula is C25H23ClF3N9OS. The lowest BCUT2D eigenvalue weighted by molar-refractivity contribution is -0.137. The van der Waals surface area contributed by atoms with Gasteiger partial charge in [0.05, 0.1) is 28.2 Å². The Hall–Kier alpha value is -4.04. The molecule has 1 saturated carbocycles. The van der Waals surface area contributed by atoms with Gasteiger partial charge in [-0.25, -0.2) is 19.1 Å². The van der Waals surface area contributed by atoms with E-state index < -0.39 is 22.8 Å². The topological polar surface area (TPSA) is 124 Å². The number of H-pyrrole nitrogens is 1. The van der Waals surface area contributed by atoms with E-state index in [1.165, 1.54) is 24.8 Å². The summed E-state index contributed by atoms with van der Waals surface area (Å²) in [4.78, 5) is 25.6. The summed E-state index contributed by atoms with van der Waals surface area (Å²) in [5.41, 5.74) is 1.17. The standard InChI is InChI=1S/C25H23ClF3N9OS/c1-13-9-21(33-22-11-19(36-37-22)14-3-2-4-14)34-23(31-13)32-15-5-8-20(30-12-15)35-24(39)38(40)16-6-7-18(26)17(10-16)25(27,28)29/h5-12,14,40H,2-4H2,1H3,(H,30,35,39)(H3,31,32,33,34,36,37). The molecular weight excluding hydrogens is 567 g/mol. The van der Waals surface area contributed by atoms with Crippen molar-refractivity contribution in [1.82, 2.24) is 25.1 Å². The number of carbonyl (C=O) groups is 1. The number of pyridine rings is 1. The number of nitrogens with zero attached hydrogens (tertiary/aromatic N) is 5. The maximum atomic E-state index is 13.2. The molecule has 1 aliphatic carbocycles. The molecule has 0 radical (unpaired) electrons. The highest BCUT2D eigenvalue weighted by Crippen LogP contribution is 2.38. The lowest BCUT2D eigenvalue weighted by atomic mass is 9.83. The molecule has 1 aliphatic rings. The highest BCUT2D eigenvalue weighted by atomic mass is 35.5. The van der Waals surface area contributed by atoms with Crippen LogP contribution < -0.4 is 20.3 Å². The maximum absolute atomic E-state index is 13.2. The number of anilines is 6. The summed E-state index contributed by atoms with van der Waals surface area (Å²) in [7, 11) is 0. The van der Waals surface area contributed by atoms with Crippen molar-refractivity contribution in [1.29, 1.82) is 0 Å². The number of urea groups is 1. The molecule has 3 heterocycles. The summed E-state index contributed by atoms with van der Waals surface area (Å²) >= 11 is 9.67. The second kappa shape index (κ2) is 11.2. The van der Waals surface area contributed by atoms with E-state index in [-0.39, 0.29) is 11.5 Å². The number of aromatic nitrogens is 5. The number of nitrogens with one attached hydrogen (secondary N) is 4. The van der Waals surface area contributed by atoms with Crippen LogP contribution >= 0.6 is 24.4 Å². The Morgan fingerprint density at radius 2 is 1.88 bits per heavy atom. The number of alkyl halides is 3. The smallest absolute Gasteiger partial charge is 0.323 e. The molecule has 0 saturated heterocycles. The summed E-state index contributed by atoms with van der Waals surface area (Å²) in [5, 5.41) is 15.6. The van der Waals surface area contributed by atoms with Gasteiger partial charge in [-0.05, 0) is 50.1 Å². The molecule has 1 fully saturated rings. The minimum atomic E-state index is -4.68. The normalized spacial score (nSPS) is 13.4. The van der Waals surface area contributed by atoms with Crippen LogP contribution in [0.25, 0.3) is 0 Å². The predicted octanol–water partition coefficient (Wildman–Crippen LogP) is 7.21. The average molecular weight is 590 g/mol. The van der Waals surface area contributed by atoms with Crippen LogP contribution in [0.15, 0.2) is 48.7 Å². The van der Waals surface area contributed by atoms with E-state index in [1.807, 2.05) is 13.0 Å². The zero-order valence-corrected chi connectivity index (χ0v) is 22.6. The number of hydrogen-bond acceptors (Lipinski definition) is 8. The molecule has 1 aromatic carbocycles. The van der Waals surface area contributed by atoms with Gasteiger partial charge in [0.2, 0.25) is 5.95 Å². The first kappa shape index (κ1) is 27.5. The molecule has 15 heteroatoms. The van der Waals surface area contributed by atoms with Crippen molar-refractivity contribution in [2.45, 2.75) is 38.3 Å². The van der Waals surface area contributed by atoms with Gasteiger partial charge in [0, 0.05) is 29.4 Å². The molecule has 0 unspecified atom stereocenters. The molecule has 0 aliphatic heterocycles. The molecule has 0 spiro atoms. The van der Waals surface area contributed by atoms with Crippen molar-refractivity contribution in [3.8, 4) is 0 Å². The van der Waals surface area contributed by atoms with Crippen LogP contribution in [-0.4, -0.2) is 31.2 Å². The van der Waals surface area contributed by atoms with Gasteiger partial charge in [-0.15, -0.1) is 0 Å². The van der Waals surface area contributed by atoms with Crippen LogP contribution in [0, 0.1) is 6.92 Å². The third-order valence-electron chi connectivity index (χ3n) is 6.20. The van der Waals surface area contributed by atoms with Crippen LogP contribution in [0.4, 0.5) is 52.7 Å². The molecule has 5 rings (SSSR count). The highest BCUT2D eigenvalue weighted by Gasteiger charge is 2.34. The van der Waals surface area contributed by atoms with Crippen molar-refractivity contribution >= 4 is 65.2 Å². The summed E-state index contributed by atoms with van der Waals surface area (Å²) < 4.78 is 40.2. The second-order valence-corrected chi connectivity index (χ2v) is 9.95. The molecule has 40 heavy (non-hydrogen) atoms. The SMILES string of the molecule is Cc1cc(Nc2cc(C3CCC3)[nH]n2)nc(Nc2ccc(NC(=O)N(S)c3ccc(Cl)c(C(F)(F)F)c3)nc2)n1. The first-order valence-electron chi connectivity index (χ1n) is 12.1. The van der Waals surface area contributed by atoms with Gasteiger partial charge >= 0.3 is 12.2 Å². The fourth-order valence-corrected chi connectivity index (χ4v) is 4.36. The van der Waals surface area contributed by atoms with Gasteiger partial charge in [0.15, 0.2) is 5.82 Å². The van der Waals surface area contributed by atoms with E-state index in [2.05, 4.69) is 53.9 Å². The number of carbonyl (C=O) groups excluding carboxylic acids is 1. The molecule has 3 aromatic heterocycles. The quantitative estimate of drug-likeness (QED) is 0.144. The Kier molecular flexibility index (Phi) is 7.72. The number of aromatic amines is 1. The van der Waals surface area contributed by atoms with Crippen LogP contribution in [0.5, 0.6) is 0 Å². The predicted molar refractivity (Wildman–Crippen MR) is 150 cm³/mol. The maximum Gasteiger partial charge on any atom is 0.417 e. The van der Waals surface area contributed by atoms with Crippen molar-refractivity contribution in [2.24, 2.45) is 0 Å². The van der Waals surface area contributed by atoms with E-state index in [4.69, 9.17) is 11.6 Å². The summed E-state index contributed by atoms with van der Waals surface area (Å²) in [6.07, 6.45) is 0.323. The minimum absolute atomic E-state index is 0.119. The van der Waals surface area contributed by atoms with Crippen molar-refractivity contribution < 1.29 is 18.0 Å². The number of rotatable bonds is 7. The Labute approximate surface area is 237 Å². The Morgan fingerprint density at radius 1 is 1.07 bits per heavy atom. The van der Waals surface area contributed by atoms with Crippen LogP contribution in [0.2, 0.25) is 5.02 Å². The Balaban J connectivity index is 1.21. The summed E-state index contributed by atoms with van der Waals surface area (Å²) in [6, 6.07) is 9.13. The van der Waals surface area contributed by atoms with Crippen LogP contribution in [0.1, 0.15) is 42.1 Å². The largest absolute Gasteiger partial charge is 0.417 e. The van der Waals surface area contributed by atoms with Gasteiger partial charge in [-0.2, -0.15) is 23.3 Å². The minimum Gasteiger partial charge on any atom is -0.323 e. The molecule has 208 valence electrons. The second-order valence-electron chi connectivity index (χ2n) is 9.14. The third kappa shape index (κ3) is 6.39. The Morgan fingerprint density at radius 3 is 2.55 bits per heavy atom. The number of halogens is 4. The Bertz CT molecular complexity index is 1530. The molecule has 10 nitrogen and oxygen atoms in total. The summed E-state index contributed by atoms with van der Waals surface area (Å²) in [5.74, 6) is 2.22. The zero-order chi connectivity index (χ0) is 28.4. The van der Waals surface area contributed by atoms with Gasteiger partial charge in [0.25, 0.3) is 0 Å². The monoisotopic (exact) mass is 589 g/mol.